The highest BCUT2D eigenvalue weighted by molar-refractivity contribution is 7.13. The number of likely N-dealkylation sites (tertiary alicyclic amines) is 1. The van der Waals surface area contributed by atoms with Crippen LogP contribution in [0.1, 0.15) is 32.1 Å². The van der Waals surface area contributed by atoms with Crippen LogP contribution in [0.4, 0.5) is 0 Å². The maximum absolute atomic E-state index is 5.94. The van der Waals surface area contributed by atoms with E-state index in [-0.39, 0.29) is 0 Å². The van der Waals surface area contributed by atoms with Gasteiger partial charge in [-0.3, -0.25) is 4.90 Å². The molecule has 0 amide bonds. The molecule has 0 saturated carbocycles. The summed E-state index contributed by atoms with van der Waals surface area (Å²) < 4.78 is 5.40. The molecule has 1 saturated heterocycles. The van der Waals surface area contributed by atoms with Crippen molar-refractivity contribution in [2.24, 2.45) is 11.7 Å². The second-order valence-corrected chi connectivity index (χ2v) is 6.60. The minimum absolute atomic E-state index is 0.431. The highest BCUT2D eigenvalue weighted by atomic mass is 32.1. The summed E-state index contributed by atoms with van der Waals surface area (Å²) in [6.45, 7) is 4.73. The van der Waals surface area contributed by atoms with Crippen LogP contribution in [-0.2, 0) is 6.54 Å². The highest BCUT2D eigenvalue weighted by Crippen LogP contribution is 2.27. The topological polar surface area (TPSA) is 68.2 Å². The molecule has 1 aliphatic rings. The van der Waals surface area contributed by atoms with Crippen LogP contribution in [0, 0.1) is 5.92 Å². The van der Waals surface area contributed by atoms with Gasteiger partial charge >= 0.3 is 0 Å². The third kappa shape index (κ3) is 3.33. The molecule has 0 aliphatic carbocycles. The zero-order valence-electron chi connectivity index (χ0n) is 12.4. The molecule has 0 bridgehead atoms. The van der Waals surface area contributed by atoms with Crippen LogP contribution in [0.15, 0.2) is 22.0 Å². The van der Waals surface area contributed by atoms with E-state index in [0.29, 0.717) is 30.8 Å². The SMILES string of the molecule is CCC1CCN(Cc2nc(-c3cccs3)no2)C(CN)C1. The summed E-state index contributed by atoms with van der Waals surface area (Å²) in [5.41, 5.74) is 5.94. The van der Waals surface area contributed by atoms with E-state index in [1.54, 1.807) is 11.3 Å². The van der Waals surface area contributed by atoms with Crippen LogP contribution in [-0.4, -0.2) is 34.2 Å². The molecule has 0 radical (unpaired) electrons. The van der Waals surface area contributed by atoms with Gasteiger partial charge in [0.2, 0.25) is 11.7 Å². The van der Waals surface area contributed by atoms with Crippen molar-refractivity contribution in [2.75, 3.05) is 13.1 Å². The number of hydrogen-bond donors (Lipinski definition) is 1. The Morgan fingerprint density at radius 1 is 1.52 bits per heavy atom. The van der Waals surface area contributed by atoms with E-state index >= 15 is 0 Å². The second-order valence-electron chi connectivity index (χ2n) is 5.65. The predicted molar refractivity (Wildman–Crippen MR) is 83.9 cm³/mol. The van der Waals surface area contributed by atoms with Gasteiger partial charge in [0.25, 0.3) is 0 Å². The van der Waals surface area contributed by atoms with Crippen LogP contribution in [0.3, 0.4) is 0 Å². The molecule has 6 heteroatoms. The smallest absolute Gasteiger partial charge is 0.241 e. The number of rotatable bonds is 5. The molecule has 2 aromatic heterocycles. The largest absolute Gasteiger partial charge is 0.338 e. The van der Waals surface area contributed by atoms with Gasteiger partial charge in [-0.1, -0.05) is 24.6 Å². The summed E-state index contributed by atoms with van der Waals surface area (Å²) in [7, 11) is 0. The number of nitrogens with zero attached hydrogens (tertiary/aromatic N) is 3. The first kappa shape index (κ1) is 14.7. The van der Waals surface area contributed by atoms with Crippen molar-refractivity contribution in [3.05, 3.63) is 23.4 Å². The fourth-order valence-corrected chi connectivity index (χ4v) is 3.65. The molecule has 0 spiro atoms. The minimum atomic E-state index is 0.431. The molecule has 3 rings (SSSR count). The van der Waals surface area contributed by atoms with E-state index in [1.165, 1.54) is 19.3 Å². The van der Waals surface area contributed by atoms with E-state index < -0.39 is 0 Å². The Morgan fingerprint density at radius 2 is 2.43 bits per heavy atom. The number of piperidine rings is 1. The average molecular weight is 306 g/mol. The Morgan fingerprint density at radius 3 is 3.14 bits per heavy atom. The van der Waals surface area contributed by atoms with Crippen LogP contribution in [0.5, 0.6) is 0 Å². The van der Waals surface area contributed by atoms with Gasteiger partial charge < -0.3 is 10.3 Å². The van der Waals surface area contributed by atoms with E-state index in [9.17, 15) is 0 Å². The fraction of sp³-hybridized carbons (Fsp3) is 0.600. The standard InChI is InChI=1S/C15H22N4OS/c1-2-11-5-6-19(12(8-11)9-16)10-14-17-15(18-20-14)13-4-3-7-21-13/h3-4,7,11-12H,2,5-6,8-10,16H2,1H3. The quantitative estimate of drug-likeness (QED) is 0.920. The first-order valence-electron chi connectivity index (χ1n) is 7.60. The highest BCUT2D eigenvalue weighted by Gasteiger charge is 2.28. The Hall–Kier alpha value is -1.24. The van der Waals surface area contributed by atoms with E-state index in [0.717, 1.165) is 17.3 Å². The number of aromatic nitrogens is 2. The van der Waals surface area contributed by atoms with Gasteiger partial charge in [0.1, 0.15) is 0 Å². The molecule has 2 unspecified atom stereocenters. The third-order valence-electron chi connectivity index (χ3n) is 4.34. The van der Waals surface area contributed by atoms with Crippen molar-refractivity contribution in [2.45, 2.75) is 38.8 Å². The Balaban J connectivity index is 1.66. The van der Waals surface area contributed by atoms with E-state index in [2.05, 4.69) is 22.0 Å². The van der Waals surface area contributed by atoms with Gasteiger partial charge in [-0.15, -0.1) is 11.3 Å². The molecule has 1 aliphatic heterocycles. The molecule has 1 fully saturated rings. The van der Waals surface area contributed by atoms with Crippen molar-refractivity contribution >= 4 is 11.3 Å². The molecular weight excluding hydrogens is 284 g/mol. The van der Waals surface area contributed by atoms with Gasteiger partial charge in [-0.25, -0.2) is 0 Å². The van der Waals surface area contributed by atoms with Gasteiger partial charge in [0.15, 0.2) is 0 Å². The zero-order chi connectivity index (χ0) is 14.7. The van der Waals surface area contributed by atoms with Gasteiger partial charge in [0.05, 0.1) is 11.4 Å². The van der Waals surface area contributed by atoms with Gasteiger partial charge in [-0.2, -0.15) is 4.98 Å². The minimum Gasteiger partial charge on any atom is -0.338 e. The fourth-order valence-electron chi connectivity index (χ4n) is 3.01. The zero-order valence-corrected chi connectivity index (χ0v) is 13.2. The molecule has 2 aromatic rings. The summed E-state index contributed by atoms with van der Waals surface area (Å²) in [5.74, 6) is 2.18. The monoisotopic (exact) mass is 306 g/mol. The molecule has 5 nitrogen and oxygen atoms in total. The third-order valence-corrected chi connectivity index (χ3v) is 5.21. The molecule has 3 heterocycles. The number of hydrogen-bond acceptors (Lipinski definition) is 6. The maximum atomic E-state index is 5.94. The summed E-state index contributed by atoms with van der Waals surface area (Å²) in [6.07, 6.45) is 3.66. The van der Waals surface area contributed by atoms with Crippen molar-refractivity contribution < 1.29 is 4.52 Å². The molecule has 2 N–H and O–H groups in total. The van der Waals surface area contributed by atoms with Crippen LogP contribution in [0.2, 0.25) is 0 Å². The number of thiophene rings is 1. The van der Waals surface area contributed by atoms with Crippen LogP contribution < -0.4 is 5.73 Å². The van der Waals surface area contributed by atoms with Crippen molar-refractivity contribution in [1.82, 2.24) is 15.0 Å². The predicted octanol–water partition coefficient (Wildman–Crippen LogP) is 2.75. The normalized spacial score (nSPS) is 23.5. The molecule has 2 atom stereocenters. The van der Waals surface area contributed by atoms with Crippen molar-refractivity contribution in [3.8, 4) is 10.7 Å². The summed E-state index contributed by atoms with van der Waals surface area (Å²) in [6, 6.07) is 4.44. The molecule has 114 valence electrons. The molecule has 0 aromatic carbocycles. The Labute approximate surface area is 129 Å². The van der Waals surface area contributed by atoms with Gasteiger partial charge in [-0.05, 0) is 36.8 Å². The Bertz CT molecular complexity index is 554. The summed E-state index contributed by atoms with van der Waals surface area (Å²) >= 11 is 1.63. The van der Waals surface area contributed by atoms with E-state index in [4.69, 9.17) is 10.3 Å². The average Bonchev–Trinajstić information content (AvgIpc) is 3.18. The summed E-state index contributed by atoms with van der Waals surface area (Å²) in [5, 5.41) is 6.09. The first-order chi connectivity index (χ1) is 10.3. The lowest BCUT2D eigenvalue weighted by atomic mass is 9.89. The maximum Gasteiger partial charge on any atom is 0.241 e. The lowest BCUT2D eigenvalue weighted by Crippen LogP contribution is -2.46. The van der Waals surface area contributed by atoms with E-state index in [1.807, 2.05) is 17.5 Å². The molecular formula is C15H22N4OS. The lowest BCUT2D eigenvalue weighted by Gasteiger charge is -2.37. The first-order valence-corrected chi connectivity index (χ1v) is 8.48. The van der Waals surface area contributed by atoms with Crippen LogP contribution in [0.25, 0.3) is 10.7 Å². The molecule has 21 heavy (non-hydrogen) atoms. The van der Waals surface area contributed by atoms with Crippen molar-refractivity contribution in [3.63, 3.8) is 0 Å². The van der Waals surface area contributed by atoms with Crippen molar-refractivity contribution in [1.29, 1.82) is 0 Å². The summed E-state index contributed by atoms with van der Waals surface area (Å²) in [4.78, 5) is 7.94. The Kier molecular flexibility index (Phi) is 4.67. The lowest BCUT2D eigenvalue weighted by molar-refractivity contribution is 0.0953. The number of nitrogens with two attached hydrogens (primary N) is 1. The second kappa shape index (κ2) is 6.68. The van der Waals surface area contributed by atoms with Gasteiger partial charge in [0, 0.05) is 12.6 Å². The van der Waals surface area contributed by atoms with Crippen LogP contribution >= 0.6 is 11.3 Å².